The largest absolute Gasteiger partial charge is 0.416 e. The van der Waals surface area contributed by atoms with E-state index in [1.165, 1.54) is 6.07 Å². The van der Waals surface area contributed by atoms with E-state index in [9.17, 15) is 18.0 Å². The lowest BCUT2D eigenvalue weighted by Crippen LogP contribution is -2.08. The highest BCUT2D eigenvalue weighted by molar-refractivity contribution is 5.77. The summed E-state index contributed by atoms with van der Waals surface area (Å²) in [4.78, 5) is 10.9. The Morgan fingerprint density at radius 2 is 1.90 bits per heavy atom. The van der Waals surface area contributed by atoms with Gasteiger partial charge in [0.2, 0.25) is 0 Å². The standard InChI is InChI=1S/C15H14F3NO/c1-10-6-13(9-20)11(2)19(10)8-12-4-3-5-14(7-12)15(16,17)18/h3-7,9H,8H2,1-2H3. The van der Waals surface area contributed by atoms with Crippen LogP contribution in [-0.4, -0.2) is 10.9 Å². The minimum atomic E-state index is -4.34. The number of nitrogens with zero attached hydrogens (tertiary/aromatic N) is 1. The van der Waals surface area contributed by atoms with E-state index in [0.29, 0.717) is 17.7 Å². The molecule has 1 aromatic carbocycles. The van der Waals surface area contributed by atoms with Crippen LogP contribution in [0.2, 0.25) is 0 Å². The average molecular weight is 281 g/mol. The fourth-order valence-corrected chi connectivity index (χ4v) is 2.22. The normalized spacial score (nSPS) is 11.7. The summed E-state index contributed by atoms with van der Waals surface area (Å²) in [6, 6.07) is 6.97. The Bertz CT molecular complexity index is 641. The molecule has 0 aliphatic rings. The van der Waals surface area contributed by atoms with Crippen molar-refractivity contribution in [1.29, 1.82) is 0 Å². The van der Waals surface area contributed by atoms with Gasteiger partial charge >= 0.3 is 6.18 Å². The molecule has 106 valence electrons. The Hall–Kier alpha value is -2.04. The first-order valence-electron chi connectivity index (χ1n) is 6.11. The third-order valence-electron chi connectivity index (χ3n) is 3.33. The molecule has 0 atom stereocenters. The number of alkyl halides is 3. The molecule has 2 aromatic rings. The minimum absolute atomic E-state index is 0.315. The molecule has 0 unspecified atom stereocenters. The van der Waals surface area contributed by atoms with Crippen LogP contribution in [0, 0.1) is 13.8 Å². The highest BCUT2D eigenvalue weighted by Crippen LogP contribution is 2.30. The topological polar surface area (TPSA) is 22.0 Å². The van der Waals surface area contributed by atoms with Crippen LogP contribution < -0.4 is 0 Å². The molecule has 0 saturated heterocycles. The van der Waals surface area contributed by atoms with Gasteiger partial charge in [-0.3, -0.25) is 4.79 Å². The van der Waals surface area contributed by atoms with Gasteiger partial charge in [-0.15, -0.1) is 0 Å². The first kappa shape index (κ1) is 14.4. The summed E-state index contributed by atoms with van der Waals surface area (Å²) in [7, 11) is 0. The van der Waals surface area contributed by atoms with Crippen LogP contribution in [-0.2, 0) is 12.7 Å². The third kappa shape index (κ3) is 2.76. The summed E-state index contributed by atoms with van der Waals surface area (Å²) < 4.78 is 39.8. The number of aromatic nitrogens is 1. The van der Waals surface area contributed by atoms with Gasteiger partial charge in [0, 0.05) is 23.5 Å². The number of aldehydes is 1. The maximum atomic E-state index is 12.7. The number of carbonyl (C=O) groups is 1. The first-order chi connectivity index (χ1) is 9.32. The quantitative estimate of drug-likeness (QED) is 0.780. The molecule has 0 spiro atoms. The molecule has 0 N–H and O–H groups in total. The summed E-state index contributed by atoms with van der Waals surface area (Å²) in [5, 5.41) is 0. The zero-order valence-electron chi connectivity index (χ0n) is 11.2. The predicted octanol–water partition coefficient (Wildman–Crippen LogP) is 3.98. The van der Waals surface area contributed by atoms with E-state index >= 15 is 0 Å². The van der Waals surface area contributed by atoms with E-state index in [-0.39, 0.29) is 0 Å². The molecule has 0 radical (unpaired) electrons. The summed E-state index contributed by atoms with van der Waals surface area (Å²) in [5.41, 5.74) is 2.07. The smallest absolute Gasteiger partial charge is 0.344 e. The van der Waals surface area contributed by atoms with Crippen molar-refractivity contribution in [2.75, 3.05) is 0 Å². The molecule has 1 aromatic heterocycles. The fourth-order valence-electron chi connectivity index (χ4n) is 2.22. The van der Waals surface area contributed by atoms with Crippen molar-refractivity contribution in [3.63, 3.8) is 0 Å². The van der Waals surface area contributed by atoms with E-state index in [2.05, 4.69) is 0 Å². The van der Waals surface area contributed by atoms with Gasteiger partial charge < -0.3 is 4.57 Å². The number of halogens is 3. The maximum Gasteiger partial charge on any atom is 0.416 e. The summed E-state index contributed by atoms with van der Waals surface area (Å²) in [6.07, 6.45) is -3.59. The molecule has 5 heteroatoms. The van der Waals surface area contributed by atoms with Crippen LogP contribution in [0.15, 0.2) is 30.3 Å². The van der Waals surface area contributed by atoms with Crippen molar-refractivity contribution in [2.45, 2.75) is 26.6 Å². The SMILES string of the molecule is Cc1cc(C=O)c(C)n1Cc1cccc(C(F)(F)F)c1. The van der Waals surface area contributed by atoms with E-state index < -0.39 is 11.7 Å². The molecular weight excluding hydrogens is 267 g/mol. The first-order valence-corrected chi connectivity index (χ1v) is 6.11. The molecule has 2 rings (SSSR count). The summed E-state index contributed by atoms with van der Waals surface area (Å²) in [6.45, 7) is 3.92. The lowest BCUT2D eigenvalue weighted by atomic mass is 10.1. The molecule has 1 heterocycles. The molecule has 20 heavy (non-hydrogen) atoms. The maximum absolute atomic E-state index is 12.7. The van der Waals surface area contributed by atoms with Crippen LogP contribution in [0.3, 0.4) is 0 Å². The van der Waals surface area contributed by atoms with Gasteiger partial charge in [-0.1, -0.05) is 12.1 Å². The fraction of sp³-hybridized carbons (Fsp3) is 0.267. The Morgan fingerprint density at radius 3 is 2.45 bits per heavy atom. The number of aryl methyl sites for hydroxylation is 1. The van der Waals surface area contributed by atoms with Gasteiger partial charge in [-0.25, -0.2) is 0 Å². The van der Waals surface area contributed by atoms with Crippen LogP contribution >= 0.6 is 0 Å². The summed E-state index contributed by atoms with van der Waals surface area (Å²) in [5.74, 6) is 0. The van der Waals surface area contributed by atoms with Crippen molar-refractivity contribution in [3.8, 4) is 0 Å². The lowest BCUT2D eigenvalue weighted by molar-refractivity contribution is -0.137. The monoisotopic (exact) mass is 281 g/mol. The second-order valence-corrected chi connectivity index (χ2v) is 4.73. The zero-order valence-corrected chi connectivity index (χ0v) is 11.2. The van der Waals surface area contributed by atoms with Gasteiger partial charge in [0.25, 0.3) is 0 Å². The van der Waals surface area contributed by atoms with Gasteiger partial charge in [-0.2, -0.15) is 13.2 Å². The van der Waals surface area contributed by atoms with E-state index in [1.807, 2.05) is 11.5 Å². The average Bonchev–Trinajstić information content (AvgIpc) is 2.65. The second kappa shape index (κ2) is 5.15. The predicted molar refractivity (Wildman–Crippen MR) is 69.8 cm³/mol. The van der Waals surface area contributed by atoms with Crippen molar-refractivity contribution in [3.05, 3.63) is 58.4 Å². The third-order valence-corrected chi connectivity index (χ3v) is 3.33. The lowest BCUT2D eigenvalue weighted by Gasteiger charge is -2.12. The van der Waals surface area contributed by atoms with Crippen LogP contribution in [0.25, 0.3) is 0 Å². The summed E-state index contributed by atoms with van der Waals surface area (Å²) >= 11 is 0. The van der Waals surface area contributed by atoms with Gasteiger partial charge in [0.05, 0.1) is 5.56 Å². The van der Waals surface area contributed by atoms with Gasteiger partial charge in [-0.05, 0) is 37.6 Å². The Labute approximate surface area is 114 Å². The minimum Gasteiger partial charge on any atom is -0.344 e. The molecule has 0 aliphatic heterocycles. The number of carbonyl (C=O) groups excluding carboxylic acids is 1. The highest BCUT2D eigenvalue weighted by Gasteiger charge is 2.30. The highest BCUT2D eigenvalue weighted by atomic mass is 19.4. The Balaban J connectivity index is 2.36. The van der Waals surface area contributed by atoms with E-state index in [1.54, 1.807) is 19.1 Å². The second-order valence-electron chi connectivity index (χ2n) is 4.73. The van der Waals surface area contributed by atoms with Crippen molar-refractivity contribution >= 4 is 6.29 Å². The van der Waals surface area contributed by atoms with Crippen molar-refractivity contribution < 1.29 is 18.0 Å². The van der Waals surface area contributed by atoms with Crippen molar-refractivity contribution in [1.82, 2.24) is 4.57 Å². The molecule has 2 nitrogen and oxygen atoms in total. The van der Waals surface area contributed by atoms with E-state index in [0.717, 1.165) is 29.8 Å². The number of benzene rings is 1. The number of hydrogen-bond donors (Lipinski definition) is 0. The van der Waals surface area contributed by atoms with Crippen LogP contribution in [0.1, 0.15) is 32.9 Å². The molecule has 0 bridgehead atoms. The molecule has 0 fully saturated rings. The Kier molecular flexibility index (Phi) is 3.70. The van der Waals surface area contributed by atoms with Gasteiger partial charge in [0.1, 0.15) is 0 Å². The Morgan fingerprint density at radius 1 is 1.20 bits per heavy atom. The van der Waals surface area contributed by atoms with Crippen LogP contribution in [0.5, 0.6) is 0 Å². The van der Waals surface area contributed by atoms with Crippen LogP contribution in [0.4, 0.5) is 13.2 Å². The van der Waals surface area contributed by atoms with E-state index in [4.69, 9.17) is 0 Å². The zero-order chi connectivity index (χ0) is 14.9. The number of hydrogen-bond acceptors (Lipinski definition) is 1. The van der Waals surface area contributed by atoms with Gasteiger partial charge in [0.15, 0.2) is 6.29 Å². The molecule has 0 saturated carbocycles. The molecular formula is C15H14F3NO. The molecule has 0 amide bonds. The molecule has 0 aliphatic carbocycles. The number of rotatable bonds is 3. The van der Waals surface area contributed by atoms with Crippen molar-refractivity contribution in [2.24, 2.45) is 0 Å².